The summed E-state index contributed by atoms with van der Waals surface area (Å²) >= 11 is 1.37. The van der Waals surface area contributed by atoms with E-state index in [0.29, 0.717) is 11.5 Å². The molecule has 0 N–H and O–H groups in total. The molecule has 0 saturated carbocycles. The number of hydrogen-bond acceptors (Lipinski definition) is 2. The van der Waals surface area contributed by atoms with E-state index in [0.717, 1.165) is 0 Å². The van der Waals surface area contributed by atoms with E-state index < -0.39 is 17.9 Å². The lowest BCUT2D eigenvalue weighted by Crippen LogP contribution is -2.37. The van der Waals surface area contributed by atoms with E-state index >= 15 is 0 Å². The van der Waals surface area contributed by atoms with Gasteiger partial charge in [0.05, 0.1) is 0 Å². The molecule has 1 aliphatic heterocycles. The summed E-state index contributed by atoms with van der Waals surface area (Å²) in [4.78, 5) is 10.3. The number of halogens is 3. The molecule has 1 saturated heterocycles. The van der Waals surface area contributed by atoms with Gasteiger partial charge in [-0.25, -0.2) is 0 Å². The molecule has 1 rings (SSSR count). The van der Waals surface area contributed by atoms with Crippen molar-refractivity contribution in [3.05, 3.63) is 0 Å². The molecule has 0 spiro atoms. The van der Waals surface area contributed by atoms with Gasteiger partial charge < -0.3 is 0 Å². The van der Waals surface area contributed by atoms with Crippen molar-refractivity contribution in [2.24, 2.45) is 5.92 Å². The molecular weight excluding hydrogens is 165 g/mol. The summed E-state index contributed by atoms with van der Waals surface area (Å²) in [6, 6.07) is 0. The largest absolute Gasteiger partial charge is 0.450 e. The van der Waals surface area contributed by atoms with Gasteiger partial charge in [0.2, 0.25) is 5.78 Å². The van der Waals surface area contributed by atoms with E-state index in [-0.39, 0.29) is 0 Å². The van der Waals surface area contributed by atoms with Crippen molar-refractivity contribution in [3.63, 3.8) is 0 Å². The van der Waals surface area contributed by atoms with Crippen molar-refractivity contribution in [1.29, 1.82) is 0 Å². The number of carbonyl (C=O) groups excluding carboxylic acids is 1. The fourth-order valence-electron chi connectivity index (χ4n) is 0.619. The summed E-state index contributed by atoms with van der Waals surface area (Å²) in [6.07, 6.45) is -4.62. The topological polar surface area (TPSA) is 17.1 Å². The summed E-state index contributed by atoms with van der Waals surface area (Å²) in [7, 11) is 0. The summed E-state index contributed by atoms with van der Waals surface area (Å²) in [5.41, 5.74) is 0. The minimum atomic E-state index is -4.62. The van der Waals surface area contributed by atoms with Crippen molar-refractivity contribution in [3.8, 4) is 0 Å². The average Bonchev–Trinajstić information content (AvgIpc) is 1.57. The Kier molecular flexibility index (Phi) is 1.94. The maximum Gasteiger partial charge on any atom is 0.450 e. The van der Waals surface area contributed by atoms with Gasteiger partial charge in [-0.3, -0.25) is 4.79 Å². The Morgan fingerprint density at radius 2 is 1.90 bits per heavy atom. The standard InChI is InChI=1S/C5H5F3OS/c6-5(7,8)4(9)3-1-10-2-3/h3H,1-2H2. The zero-order chi connectivity index (χ0) is 7.78. The number of ketones is 1. The van der Waals surface area contributed by atoms with Crippen LogP contribution in [0.3, 0.4) is 0 Å². The molecule has 0 aromatic rings. The second-order valence-corrected chi connectivity index (χ2v) is 3.17. The summed E-state index contributed by atoms with van der Waals surface area (Å²) < 4.78 is 34.7. The minimum absolute atomic E-state index is 0.332. The van der Waals surface area contributed by atoms with E-state index in [2.05, 4.69) is 0 Å². The summed E-state index contributed by atoms with van der Waals surface area (Å²) in [5, 5.41) is 0. The van der Waals surface area contributed by atoms with Crippen LogP contribution in [0.4, 0.5) is 13.2 Å². The zero-order valence-corrected chi connectivity index (χ0v) is 5.76. The molecule has 10 heavy (non-hydrogen) atoms. The number of Topliss-reactive ketones (excluding diaryl/α,β-unsaturated/α-hetero) is 1. The van der Waals surface area contributed by atoms with Gasteiger partial charge >= 0.3 is 6.18 Å². The van der Waals surface area contributed by atoms with Gasteiger partial charge in [0.1, 0.15) is 0 Å². The van der Waals surface area contributed by atoms with Gasteiger partial charge in [-0.15, -0.1) is 0 Å². The lowest BCUT2D eigenvalue weighted by atomic mass is 10.1. The van der Waals surface area contributed by atoms with E-state index in [4.69, 9.17) is 0 Å². The molecule has 0 aliphatic carbocycles. The van der Waals surface area contributed by atoms with Crippen molar-refractivity contribution in [2.75, 3.05) is 11.5 Å². The Bertz CT molecular complexity index is 149. The number of hydrogen-bond donors (Lipinski definition) is 0. The van der Waals surface area contributed by atoms with Crippen molar-refractivity contribution in [2.45, 2.75) is 6.18 Å². The number of rotatable bonds is 1. The van der Waals surface area contributed by atoms with Crippen LogP contribution in [-0.4, -0.2) is 23.5 Å². The molecule has 0 aromatic carbocycles. The first-order valence-electron chi connectivity index (χ1n) is 2.70. The maximum absolute atomic E-state index is 11.6. The molecule has 1 aliphatic rings. The van der Waals surface area contributed by atoms with Crippen LogP contribution in [0.2, 0.25) is 0 Å². The van der Waals surface area contributed by atoms with E-state index in [1.807, 2.05) is 0 Å². The van der Waals surface area contributed by atoms with E-state index in [1.165, 1.54) is 11.8 Å². The molecule has 5 heteroatoms. The molecule has 1 nitrogen and oxygen atoms in total. The molecule has 0 radical (unpaired) electrons. The van der Waals surface area contributed by atoms with Crippen LogP contribution in [0.1, 0.15) is 0 Å². The number of thioether (sulfide) groups is 1. The number of alkyl halides is 3. The normalized spacial score (nSPS) is 20.3. The highest BCUT2D eigenvalue weighted by Gasteiger charge is 2.45. The molecule has 0 unspecified atom stereocenters. The monoisotopic (exact) mass is 170 g/mol. The first-order chi connectivity index (χ1) is 4.52. The Morgan fingerprint density at radius 1 is 1.40 bits per heavy atom. The van der Waals surface area contributed by atoms with Crippen molar-refractivity contribution in [1.82, 2.24) is 0 Å². The van der Waals surface area contributed by atoms with Gasteiger partial charge in [0.15, 0.2) is 0 Å². The van der Waals surface area contributed by atoms with Crippen molar-refractivity contribution >= 4 is 17.5 Å². The van der Waals surface area contributed by atoms with Gasteiger partial charge in [0.25, 0.3) is 0 Å². The molecule has 0 aromatic heterocycles. The highest BCUT2D eigenvalue weighted by molar-refractivity contribution is 8.00. The predicted molar refractivity (Wildman–Crippen MR) is 31.9 cm³/mol. The highest BCUT2D eigenvalue weighted by atomic mass is 32.2. The Morgan fingerprint density at radius 3 is 2.00 bits per heavy atom. The van der Waals surface area contributed by atoms with Gasteiger partial charge in [-0.1, -0.05) is 0 Å². The summed E-state index contributed by atoms with van der Waals surface area (Å²) in [6.45, 7) is 0. The van der Waals surface area contributed by atoms with Crippen molar-refractivity contribution < 1.29 is 18.0 Å². The molecular formula is C5H5F3OS. The van der Waals surface area contributed by atoms with E-state index in [1.54, 1.807) is 0 Å². The molecule has 1 fully saturated rings. The van der Waals surface area contributed by atoms with Crippen LogP contribution in [0.25, 0.3) is 0 Å². The van der Waals surface area contributed by atoms with Crippen LogP contribution in [0.15, 0.2) is 0 Å². The molecule has 58 valence electrons. The van der Waals surface area contributed by atoms with Crippen LogP contribution in [0.5, 0.6) is 0 Å². The van der Waals surface area contributed by atoms with Crippen LogP contribution >= 0.6 is 11.8 Å². The predicted octanol–water partition coefficient (Wildman–Crippen LogP) is 1.48. The molecule has 0 bridgehead atoms. The highest BCUT2D eigenvalue weighted by Crippen LogP contribution is 2.31. The number of carbonyl (C=O) groups is 1. The zero-order valence-electron chi connectivity index (χ0n) is 4.94. The minimum Gasteiger partial charge on any atom is -0.289 e. The Hall–Kier alpha value is -0.190. The SMILES string of the molecule is O=C(C1CSC1)C(F)(F)F. The van der Waals surface area contributed by atoms with Gasteiger partial charge in [0, 0.05) is 17.4 Å². The first kappa shape index (κ1) is 7.91. The quantitative estimate of drug-likeness (QED) is 0.593. The molecule has 0 amide bonds. The second kappa shape index (κ2) is 2.45. The average molecular weight is 170 g/mol. The third-order valence-electron chi connectivity index (χ3n) is 1.29. The Labute approximate surface area is 60.0 Å². The fourth-order valence-corrected chi connectivity index (χ4v) is 1.39. The smallest absolute Gasteiger partial charge is 0.289 e. The second-order valence-electron chi connectivity index (χ2n) is 2.10. The van der Waals surface area contributed by atoms with Gasteiger partial charge in [-0.2, -0.15) is 24.9 Å². The van der Waals surface area contributed by atoms with Crippen LogP contribution < -0.4 is 0 Å². The third kappa shape index (κ3) is 1.45. The lowest BCUT2D eigenvalue weighted by molar-refractivity contribution is -0.174. The van der Waals surface area contributed by atoms with Gasteiger partial charge in [-0.05, 0) is 0 Å². The Balaban J connectivity index is 2.48. The fraction of sp³-hybridized carbons (Fsp3) is 0.800. The van der Waals surface area contributed by atoms with Crippen LogP contribution in [-0.2, 0) is 4.79 Å². The lowest BCUT2D eigenvalue weighted by Gasteiger charge is -2.23. The van der Waals surface area contributed by atoms with E-state index in [9.17, 15) is 18.0 Å². The molecule has 0 atom stereocenters. The third-order valence-corrected chi connectivity index (χ3v) is 2.56. The molecule has 1 heterocycles. The summed E-state index contributed by atoms with van der Waals surface area (Å²) in [5.74, 6) is -1.66. The first-order valence-corrected chi connectivity index (χ1v) is 3.86. The van der Waals surface area contributed by atoms with Crippen LogP contribution in [0, 0.1) is 5.92 Å². The maximum atomic E-state index is 11.6.